The van der Waals surface area contributed by atoms with Crippen LogP contribution in [0.1, 0.15) is 0 Å². The van der Waals surface area contributed by atoms with Gasteiger partial charge in [-0.3, -0.25) is 0 Å². The van der Waals surface area contributed by atoms with E-state index in [0.717, 1.165) is 67.0 Å². The molecule has 0 saturated carbocycles. The number of nitrogens with zero attached hydrogens (tertiary/aromatic N) is 2. The zero-order valence-corrected chi connectivity index (χ0v) is 36.6. The highest BCUT2D eigenvalue weighted by Gasteiger charge is 2.25. The number of para-hydroxylation sites is 2. The van der Waals surface area contributed by atoms with Gasteiger partial charge in [0, 0.05) is 44.3 Å². The first-order valence-electron chi connectivity index (χ1n) is 22.9. The number of rotatable bonds is 8. The fourth-order valence-corrected chi connectivity index (χ4v) is 10.4. The lowest BCUT2D eigenvalue weighted by Crippen LogP contribution is -2.11. The summed E-state index contributed by atoms with van der Waals surface area (Å²) >= 11 is 0. The number of fused-ring (bicyclic) bond motifs is 9. The fraction of sp³-hybridized carbons (Fsp3) is 0. The molecular formula is C64H42N2O. The van der Waals surface area contributed by atoms with Gasteiger partial charge in [-0.05, 0) is 115 Å². The van der Waals surface area contributed by atoms with Gasteiger partial charge in [0.15, 0.2) is 5.58 Å². The number of benzene rings is 12. The van der Waals surface area contributed by atoms with Crippen LogP contribution in [0.2, 0.25) is 0 Å². The molecule has 0 fully saturated rings. The van der Waals surface area contributed by atoms with Crippen LogP contribution in [-0.2, 0) is 0 Å². The quantitative estimate of drug-likeness (QED) is 0.142. The van der Waals surface area contributed by atoms with Crippen LogP contribution in [0, 0.1) is 0 Å². The number of anilines is 6. The summed E-state index contributed by atoms with van der Waals surface area (Å²) in [5, 5.41) is 11.7. The van der Waals surface area contributed by atoms with Gasteiger partial charge in [0.25, 0.3) is 0 Å². The Labute approximate surface area is 388 Å². The summed E-state index contributed by atoms with van der Waals surface area (Å²) in [4.78, 5) is 4.78. The maximum absolute atomic E-state index is 7.05. The lowest BCUT2D eigenvalue weighted by molar-refractivity contribution is 0.669. The molecular weight excluding hydrogens is 813 g/mol. The van der Waals surface area contributed by atoms with Crippen molar-refractivity contribution in [1.82, 2.24) is 0 Å². The molecule has 0 amide bonds. The van der Waals surface area contributed by atoms with E-state index in [1.165, 1.54) is 54.4 Å². The van der Waals surface area contributed by atoms with Crippen LogP contribution in [0.15, 0.2) is 259 Å². The van der Waals surface area contributed by atoms with E-state index in [9.17, 15) is 0 Å². The van der Waals surface area contributed by atoms with E-state index in [2.05, 4.69) is 265 Å². The molecule has 0 N–H and O–H groups in total. The normalized spacial score (nSPS) is 11.6. The zero-order valence-electron chi connectivity index (χ0n) is 36.6. The van der Waals surface area contributed by atoms with Crippen molar-refractivity contribution >= 4 is 99.2 Å². The van der Waals surface area contributed by atoms with E-state index in [1.54, 1.807) is 0 Å². The first-order chi connectivity index (χ1) is 33.3. The lowest BCUT2D eigenvalue weighted by Gasteiger charge is -2.29. The first-order valence-corrected chi connectivity index (χ1v) is 22.9. The minimum atomic E-state index is 0.857. The molecule has 13 rings (SSSR count). The lowest BCUT2D eigenvalue weighted by atomic mass is 9.89. The van der Waals surface area contributed by atoms with E-state index in [-0.39, 0.29) is 0 Å². The van der Waals surface area contributed by atoms with Crippen LogP contribution in [0.3, 0.4) is 0 Å². The van der Waals surface area contributed by atoms with Crippen LogP contribution in [-0.4, -0.2) is 0 Å². The van der Waals surface area contributed by atoms with Crippen molar-refractivity contribution in [3.63, 3.8) is 0 Å². The molecule has 0 aliphatic rings. The third-order valence-corrected chi connectivity index (χ3v) is 13.4. The summed E-state index contributed by atoms with van der Waals surface area (Å²) in [7, 11) is 0. The zero-order chi connectivity index (χ0) is 44.3. The van der Waals surface area contributed by atoms with Gasteiger partial charge in [0.05, 0.1) is 11.4 Å². The Morgan fingerprint density at radius 3 is 1.30 bits per heavy atom. The number of hydrogen-bond donors (Lipinski definition) is 0. The van der Waals surface area contributed by atoms with Gasteiger partial charge in [-0.2, -0.15) is 0 Å². The summed E-state index contributed by atoms with van der Waals surface area (Å²) in [6, 6.07) is 91.7. The van der Waals surface area contributed by atoms with Crippen molar-refractivity contribution in [2.24, 2.45) is 0 Å². The van der Waals surface area contributed by atoms with E-state index >= 15 is 0 Å². The van der Waals surface area contributed by atoms with Gasteiger partial charge in [0.1, 0.15) is 5.58 Å². The van der Waals surface area contributed by atoms with E-state index < -0.39 is 0 Å². The maximum atomic E-state index is 7.05. The average Bonchev–Trinajstić information content (AvgIpc) is 3.81. The molecule has 12 aromatic carbocycles. The van der Waals surface area contributed by atoms with Crippen LogP contribution in [0.25, 0.3) is 87.3 Å². The molecule has 13 aromatic rings. The standard InChI is InChI=1S/C64H42N2O/c1-4-18-43(19-5-1)44-32-37-50(38-33-44)65(58-42-47-21-11-13-27-53(47)62-61-52-26-12-10-20-45(52)36-41-59(61)67-64(58)62)51-39-34-46(35-40-51)60-54-28-14-16-30-56(54)63(57-31-17-15-29-55(57)60)66(48-22-6-2-7-23-48)49-24-8-3-9-25-49/h1-42H. The molecule has 0 aliphatic carbocycles. The molecule has 3 nitrogen and oxygen atoms in total. The second-order valence-corrected chi connectivity index (χ2v) is 17.2. The molecule has 0 radical (unpaired) electrons. The Bertz CT molecular complexity index is 3860. The first kappa shape index (κ1) is 38.5. The minimum absolute atomic E-state index is 0.857. The molecule has 0 bridgehead atoms. The van der Waals surface area contributed by atoms with Gasteiger partial charge in [-0.25, -0.2) is 0 Å². The van der Waals surface area contributed by atoms with Crippen molar-refractivity contribution in [2.75, 3.05) is 9.80 Å². The maximum Gasteiger partial charge on any atom is 0.160 e. The van der Waals surface area contributed by atoms with Crippen LogP contribution < -0.4 is 9.80 Å². The van der Waals surface area contributed by atoms with Gasteiger partial charge >= 0.3 is 0 Å². The summed E-state index contributed by atoms with van der Waals surface area (Å²) in [5.41, 5.74) is 12.9. The van der Waals surface area contributed by atoms with Crippen LogP contribution in [0.4, 0.5) is 34.1 Å². The highest BCUT2D eigenvalue weighted by atomic mass is 16.3. The van der Waals surface area contributed by atoms with E-state index in [0.29, 0.717) is 0 Å². The molecule has 0 aliphatic heterocycles. The van der Waals surface area contributed by atoms with Crippen molar-refractivity contribution in [3.05, 3.63) is 255 Å². The molecule has 1 aromatic heterocycles. The van der Waals surface area contributed by atoms with Crippen molar-refractivity contribution < 1.29 is 4.42 Å². The third-order valence-electron chi connectivity index (χ3n) is 13.4. The summed E-state index contributed by atoms with van der Waals surface area (Å²) in [5.74, 6) is 0. The van der Waals surface area contributed by atoms with Gasteiger partial charge < -0.3 is 14.2 Å². The van der Waals surface area contributed by atoms with Crippen molar-refractivity contribution in [2.45, 2.75) is 0 Å². The molecule has 0 atom stereocenters. The molecule has 3 heteroatoms. The Kier molecular flexibility index (Phi) is 9.17. The molecule has 1 heterocycles. The Balaban J connectivity index is 1.03. The highest BCUT2D eigenvalue weighted by Crippen LogP contribution is 2.50. The Morgan fingerprint density at radius 2 is 0.716 bits per heavy atom. The molecule has 0 unspecified atom stereocenters. The van der Waals surface area contributed by atoms with Gasteiger partial charge in [-0.1, -0.05) is 194 Å². The Hall–Kier alpha value is -8.92. The fourth-order valence-electron chi connectivity index (χ4n) is 10.4. The molecule has 67 heavy (non-hydrogen) atoms. The van der Waals surface area contributed by atoms with Crippen LogP contribution >= 0.6 is 0 Å². The van der Waals surface area contributed by atoms with Gasteiger partial charge in [0.2, 0.25) is 0 Å². The largest absolute Gasteiger partial charge is 0.454 e. The van der Waals surface area contributed by atoms with Crippen molar-refractivity contribution in [1.29, 1.82) is 0 Å². The van der Waals surface area contributed by atoms with Gasteiger partial charge in [-0.15, -0.1) is 0 Å². The smallest absolute Gasteiger partial charge is 0.160 e. The third kappa shape index (κ3) is 6.43. The number of hydrogen-bond acceptors (Lipinski definition) is 3. The molecule has 314 valence electrons. The second-order valence-electron chi connectivity index (χ2n) is 17.2. The van der Waals surface area contributed by atoms with E-state index in [1.807, 2.05) is 0 Å². The highest BCUT2D eigenvalue weighted by molar-refractivity contribution is 6.29. The van der Waals surface area contributed by atoms with Crippen molar-refractivity contribution in [3.8, 4) is 22.3 Å². The average molecular weight is 855 g/mol. The molecule has 0 saturated heterocycles. The predicted octanol–water partition coefficient (Wildman–Crippen LogP) is 18.5. The monoisotopic (exact) mass is 854 g/mol. The topological polar surface area (TPSA) is 19.6 Å². The Morgan fingerprint density at radius 1 is 0.284 bits per heavy atom. The molecule has 0 spiro atoms. The van der Waals surface area contributed by atoms with Crippen LogP contribution in [0.5, 0.6) is 0 Å². The number of furan rings is 1. The van der Waals surface area contributed by atoms with E-state index in [4.69, 9.17) is 4.42 Å². The minimum Gasteiger partial charge on any atom is -0.454 e. The predicted molar refractivity (Wildman–Crippen MR) is 284 cm³/mol. The second kappa shape index (κ2) is 16.0. The SMILES string of the molecule is c1ccc(-c2ccc(N(c3ccc(-c4c5ccccc5c(N(c5ccccc5)c5ccccc5)c5ccccc45)cc3)c3cc4ccccc4c4c3oc3ccc5ccccc5c34)cc2)cc1. The summed E-state index contributed by atoms with van der Waals surface area (Å²) in [6.45, 7) is 0. The summed E-state index contributed by atoms with van der Waals surface area (Å²) in [6.07, 6.45) is 0. The summed E-state index contributed by atoms with van der Waals surface area (Å²) < 4.78 is 7.05.